The average Bonchev–Trinajstić information content (AvgIpc) is 3.47. The second kappa shape index (κ2) is 9.38. The quantitative estimate of drug-likeness (QED) is 0.567. The number of ether oxygens (including phenoxy) is 1. The number of nitrogens with one attached hydrogen (secondary N) is 1. The van der Waals surface area contributed by atoms with E-state index >= 15 is 0 Å². The van der Waals surface area contributed by atoms with Crippen molar-refractivity contribution >= 4 is 11.6 Å². The van der Waals surface area contributed by atoms with Crippen LogP contribution in [-0.4, -0.2) is 49.1 Å². The highest BCUT2D eigenvalue weighted by Crippen LogP contribution is 2.43. The lowest BCUT2D eigenvalue weighted by molar-refractivity contribution is -0.927. The van der Waals surface area contributed by atoms with Crippen LogP contribution in [0.1, 0.15) is 71.0 Å². The lowest BCUT2D eigenvalue weighted by atomic mass is 9.79. The predicted octanol–water partition coefficient (Wildman–Crippen LogP) is 3.09. The maximum Gasteiger partial charge on any atom is 0.215 e. The van der Waals surface area contributed by atoms with Gasteiger partial charge < -0.3 is 9.64 Å². The number of halogens is 1. The smallest absolute Gasteiger partial charge is 0.215 e. The Bertz CT molecular complexity index is 1020. The number of aromatic nitrogens is 7. The number of tetrazole rings is 1. The van der Waals surface area contributed by atoms with Crippen molar-refractivity contribution < 1.29 is 9.64 Å². The Hall–Kier alpha value is -2.52. The molecule has 1 saturated carbocycles. The molecule has 0 unspecified atom stereocenters. The van der Waals surface area contributed by atoms with E-state index in [-0.39, 0.29) is 17.0 Å². The molecule has 178 valence electrons. The molecule has 2 aromatic heterocycles. The fraction of sp³-hybridized carbons (Fsp3) is 0.609. The third-order valence-electron chi connectivity index (χ3n) is 6.77. The molecule has 33 heavy (non-hydrogen) atoms. The van der Waals surface area contributed by atoms with Gasteiger partial charge in [-0.05, 0) is 52.9 Å². The molecule has 1 aliphatic carbocycles. The van der Waals surface area contributed by atoms with Crippen LogP contribution in [0.4, 0.5) is 0 Å². The molecule has 1 N–H and O–H groups in total. The molecule has 2 heterocycles. The van der Waals surface area contributed by atoms with Crippen molar-refractivity contribution in [2.24, 2.45) is 5.41 Å². The third kappa shape index (κ3) is 4.75. The molecule has 0 bridgehead atoms. The molecule has 3 aromatic rings. The molecule has 1 aromatic carbocycles. The monoisotopic (exact) mass is 473 g/mol. The first-order valence-corrected chi connectivity index (χ1v) is 12.0. The number of hydrogen-bond donors (Lipinski definition) is 1. The number of nitrogens with zero attached hydrogens (tertiary/aromatic N) is 7. The van der Waals surface area contributed by atoms with E-state index in [1.807, 2.05) is 28.9 Å². The fourth-order valence-corrected chi connectivity index (χ4v) is 5.10. The second-order valence-electron chi connectivity index (χ2n) is 10.2. The van der Waals surface area contributed by atoms with Crippen molar-refractivity contribution in [2.75, 3.05) is 14.1 Å². The molecule has 0 aliphatic heterocycles. The second-order valence-corrected chi connectivity index (χ2v) is 10.7. The van der Waals surface area contributed by atoms with Crippen molar-refractivity contribution in [1.29, 1.82) is 0 Å². The minimum atomic E-state index is -0.520. The molecular formula is C23H34ClN8O+. The Labute approximate surface area is 200 Å². The predicted molar refractivity (Wildman–Crippen MR) is 125 cm³/mol. The van der Waals surface area contributed by atoms with E-state index in [9.17, 15) is 0 Å². The van der Waals surface area contributed by atoms with Gasteiger partial charge in [0.25, 0.3) is 0 Å². The first-order chi connectivity index (χ1) is 15.7. The van der Waals surface area contributed by atoms with Crippen LogP contribution in [0.3, 0.4) is 0 Å². The molecule has 1 fully saturated rings. The summed E-state index contributed by atoms with van der Waals surface area (Å²) in [6.07, 6.45) is 8.38. The van der Waals surface area contributed by atoms with Crippen molar-refractivity contribution in [3.05, 3.63) is 47.8 Å². The van der Waals surface area contributed by atoms with E-state index in [0.29, 0.717) is 10.8 Å². The van der Waals surface area contributed by atoms with Crippen molar-refractivity contribution in [3.63, 3.8) is 0 Å². The molecule has 0 amide bonds. The Morgan fingerprint density at radius 2 is 1.79 bits per heavy atom. The van der Waals surface area contributed by atoms with Gasteiger partial charge in [-0.25, -0.2) is 14.3 Å². The zero-order valence-corrected chi connectivity index (χ0v) is 20.8. The Morgan fingerprint density at radius 3 is 2.36 bits per heavy atom. The summed E-state index contributed by atoms with van der Waals surface area (Å²) in [5.74, 6) is 1.60. The van der Waals surface area contributed by atoms with Gasteiger partial charge in [0, 0.05) is 17.9 Å². The lowest BCUT2D eigenvalue weighted by Crippen LogP contribution is -3.14. The highest BCUT2D eigenvalue weighted by Gasteiger charge is 2.49. The molecule has 10 heteroatoms. The largest absolute Gasteiger partial charge is 0.466 e. The van der Waals surface area contributed by atoms with Crippen molar-refractivity contribution in [3.8, 4) is 5.75 Å². The van der Waals surface area contributed by atoms with Crippen LogP contribution in [0, 0.1) is 5.41 Å². The average molecular weight is 474 g/mol. The number of rotatable bonds is 7. The lowest BCUT2D eigenvalue weighted by Gasteiger charge is -2.42. The highest BCUT2D eigenvalue weighted by molar-refractivity contribution is 6.30. The van der Waals surface area contributed by atoms with Crippen LogP contribution in [0.2, 0.25) is 5.02 Å². The van der Waals surface area contributed by atoms with Gasteiger partial charge in [-0.1, -0.05) is 38.8 Å². The van der Waals surface area contributed by atoms with Crippen LogP contribution < -0.4 is 9.64 Å². The third-order valence-corrected chi connectivity index (χ3v) is 7.03. The highest BCUT2D eigenvalue weighted by atomic mass is 35.5. The van der Waals surface area contributed by atoms with Gasteiger partial charge in [0.2, 0.25) is 12.1 Å². The number of benzene rings is 1. The van der Waals surface area contributed by atoms with Gasteiger partial charge >= 0.3 is 0 Å². The van der Waals surface area contributed by atoms with Crippen LogP contribution in [0.15, 0.2) is 36.9 Å². The Morgan fingerprint density at radius 1 is 1.09 bits per heavy atom. The summed E-state index contributed by atoms with van der Waals surface area (Å²) < 4.78 is 10.3. The summed E-state index contributed by atoms with van der Waals surface area (Å²) >= 11 is 6.10. The van der Waals surface area contributed by atoms with Gasteiger partial charge in [0.05, 0.1) is 14.1 Å². The van der Waals surface area contributed by atoms with Crippen molar-refractivity contribution in [2.45, 2.75) is 70.7 Å². The van der Waals surface area contributed by atoms with E-state index in [1.165, 1.54) is 30.5 Å². The van der Waals surface area contributed by atoms with Crippen LogP contribution in [0.25, 0.3) is 0 Å². The van der Waals surface area contributed by atoms with E-state index < -0.39 is 6.23 Å². The molecule has 0 spiro atoms. The Kier molecular flexibility index (Phi) is 6.72. The van der Waals surface area contributed by atoms with E-state index in [4.69, 9.17) is 16.3 Å². The minimum absolute atomic E-state index is 0.140. The van der Waals surface area contributed by atoms with Crippen LogP contribution in [-0.2, 0) is 5.54 Å². The SMILES string of the molecule is C[NH+](C)C1(c2nnnn2[C@@H]([C@@H](Oc2ccc(Cl)cc2)n2cncn2)C(C)(C)C)CCCCC1. The van der Waals surface area contributed by atoms with E-state index in [1.54, 1.807) is 11.0 Å². The summed E-state index contributed by atoms with van der Waals surface area (Å²) in [6.45, 7) is 6.52. The fourth-order valence-electron chi connectivity index (χ4n) is 4.98. The summed E-state index contributed by atoms with van der Waals surface area (Å²) in [5, 5.41) is 18.4. The van der Waals surface area contributed by atoms with E-state index in [0.717, 1.165) is 18.7 Å². The zero-order valence-electron chi connectivity index (χ0n) is 20.1. The minimum Gasteiger partial charge on any atom is -0.466 e. The maximum atomic E-state index is 6.54. The van der Waals surface area contributed by atoms with Gasteiger partial charge in [0.15, 0.2) is 5.54 Å². The summed E-state index contributed by atoms with van der Waals surface area (Å²) in [6, 6.07) is 7.10. The number of quaternary nitrogens is 1. The first-order valence-electron chi connectivity index (χ1n) is 11.6. The molecule has 1 aliphatic rings. The van der Waals surface area contributed by atoms with Gasteiger partial charge in [0.1, 0.15) is 24.4 Å². The van der Waals surface area contributed by atoms with Gasteiger partial charge in [-0.15, -0.1) is 5.10 Å². The van der Waals surface area contributed by atoms with Gasteiger partial charge in [-0.3, -0.25) is 0 Å². The van der Waals surface area contributed by atoms with Crippen molar-refractivity contribution in [1.82, 2.24) is 35.0 Å². The normalized spacial score (nSPS) is 18.3. The molecule has 0 saturated heterocycles. The molecule has 0 radical (unpaired) electrons. The topological polar surface area (TPSA) is 88.0 Å². The Balaban J connectivity index is 1.83. The molecule has 2 atom stereocenters. The zero-order chi connectivity index (χ0) is 23.6. The van der Waals surface area contributed by atoms with Crippen LogP contribution >= 0.6 is 11.6 Å². The summed E-state index contributed by atoms with van der Waals surface area (Å²) in [7, 11) is 4.41. The molecule has 9 nitrogen and oxygen atoms in total. The van der Waals surface area contributed by atoms with E-state index in [2.05, 4.69) is 60.5 Å². The first kappa shape index (κ1) is 23.6. The maximum absolute atomic E-state index is 6.54. The standard InChI is InChI=1S/C23H33ClN8O/c1-22(2,3)19(20(31-16-25-15-26-31)33-18-11-9-17(24)10-12-18)32-21(27-28-29-32)23(30(4)5)13-7-6-8-14-23/h9-12,15-16,19-20H,6-8,13-14H2,1-5H3/p+1/t19-,20+/m0/s1. The molecule has 4 rings (SSSR count). The van der Waals surface area contributed by atoms with Crippen LogP contribution in [0.5, 0.6) is 5.75 Å². The molecular weight excluding hydrogens is 440 g/mol. The summed E-state index contributed by atoms with van der Waals surface area (Å²) in [5.41, 5.74) is -0.400. The van der Waals surface area contributed by atoms with Gasteiger partial charge in [-0.2, -0.15) is 5.10 Å². The summed E-state index contributed by atoms with van der Waals surface area (Å²) in [4.78, 5) is 5.53. The number of hydrogen-bond acceptors (Lipinski definition) is 6.